The zero-order chi connectivity index (χ0) is 19.0. The van der Waals surface area contributed by atoms with Crippen molar-refractivity contribution in [3.63, 3.8) is 0 Å². The van der Waals surface area contributed by atoms with Crippen LogP contribution in [-0.2, 0) is 0 Å². The highest BCUT2D eigenvalue weighted by Gasteiger charge is 2.21. The van der Waals surface area contributed by atoms with E-state index in [1.807, 2.05) is 6.92 Å². The lowest BCUT2D eigenvalue weighted by Gasteiger charge is -2.17. The lowest BCUT2D eigenvalue weighted by atomic mass is 10.2. The average Bonchev–Trinajstić information content (AvgIpc) is 3.16. The van der Waals surface area contributed by atoms with E-state index < -0.39 is 5.97 Å². The fraction of sp³-hybridized carbons (Fsp3) is 0.300. The maximum absolute atomic E-state index is 12.5. The molecule has 1 saturated carbocycles. The van der Waals surface area contributed by atoms with Crippen LogP contribution in [0.25, 0.3) is 11.0 Å². The molecule has 1 aliphatic carbocycles. The van der Waals surface area contributed by atoms with Gasteiger partial charge in [-0.2, -0.15) is 4.98 Å². The molecule has 1 aromatic carbocycles. The van der Waals surface area contributed by atoms with Crippen molar-refractivity contribution in [1.82, 2.24) is 14.5 Å². The third-order valence-corrected chi connectivity index (χ3v) is 5.07. The van der Waals surface area contributed by atoms with E-state index in [1.165, 1.54) is 6.07 Å². The molecule has 0 saturated heterocycles. The van der Waals surface area contributed by atoms with Gasteiger partial charge in [0.25, 0.3) is 5.56 Å². The van der Waals surface area contributed by atoms with Crippen molar-refractivity contribution in [1.29, 1.82) is 0 Å². The number of benzene rings is 1. The third-order valence-electron chi connectivity index (χ3n) is 5.07. The van der Waals surface area contributed by atoms with E-state index in [9.17, 15) is 14.7 Å². The highest BCUT2D eigenvalue weighted by atomic mass is 16.4. The fourth-order valence-corrected chi connectivity index (χ4v) is 3.75. The lowest BCUT2D eigenvalue weighted by molar-refractivity contribution is 0.0698. The summed E-state index contributed by atoms with van der Waals surface area (Å²) in [6.45, 7) is 1.86. The van der Waals surface area contributed by atoms with Crippen molar-refractivity contribution in [3.05, 3.63) is 58.0 Å². The van der Waals surface area contributed by atoms with E-state index in [1.54, 1.807) is 34.9 Å². The number of aromatic nitrogens is 3. The van der Waals surface area contributed by atoms with Gasteiger partial charge in [-0.15, -0.1) is 0 Å². The number of carboxylic acids is 1. The second kappa shape index (κ2) is 6.83. The van der Waals surface area contributed by atoms with Gasteiger partial charge in [0.15, 0.2) is 0 Å². The maximum Gasteiger partial charge on any atom is 0.337 e. The van der Waals surface area contributed by atoms with Crippen molar-refractivity contribution in [3.8, 4) is 0 Å². The summed E-state index contributed by atoms with van der Waals surface area (Å²) in [5.74, 6) is -0.746. The first-order chi connectivity index (χ1) is 13.0. The van der Waals surface area contributed by atoms with Crippen molar-refractivity contribution in [2.45, 2.75) is 38.6 Å². The normalized spacial score (nSPS) is 14.6. The van der Waals surface area contributed by atoms with Crippen LogP contribution in [0.15, 0.2) is 41.2 Å². The number of carboxylic acid groups (broad SMARTS) is 1. The Kier molecular flexibility index (Phi) is 4.35. The summed E-state index contributed by atoms with van der Waals surface area (Å²) in [7, 11) is 0. The van der Waals surface area contributed by atoms with Crippen LogP contribution >= 0.6 is 0 Å². The maximum atomic E-state index is 12.5. The fourth-order valence-electron chi connectivity index (χ4n) is 3.75. The van der Waals surface area contributed by atoms with Gasteiger partial charge in [0.1, 0.15) is 5.65 Å². The largest absolute Gasteiger partial charge is 0.478 e. The number of pyridine rings is 1. The predicted octanol–water partition coefficient (Wildman–Crippen LogP) is 3.66. The number of rotatable bonds is 4. The molecule has 4 rings (SSSR count). The topological polar surface area (TPSA) is 97.1 Å². The van der Waals surface area contributed by atoms with Gasteiger partial charge in [0.05, 0.1) is 16.9 Å². The number of hydrogen-bond donors (Lipinski definition) is 2. The van der Waals surface area contributed by atoms with Gasteiger partial charge >= 0.3 is 5.97 Å². The van der Waals surface area contributed by atoms with E-state index in [-0.39, 0.29) is 23.1 Å². The predicted molar refractivity (Wildman–Crippen MR) is 103 cm³/mol. The molecule has 0 bridgehead atoms. The summed E-state index contributed by atoms with van der Waals surface area (Å²) in [6.07, 6.45) is 4.14. The first-order valence-electron chi connectivity index (χ1n) is 9.04. The van der Waals surface area contributed by atoms with Crippen LogP contribution in [0.3, 0.4) is 0 Å². The second-order valence-electron chi connectivity index (χ2n) is 6.83. The Morgan fingerprint density at radius 2 is 1.89 bits per heavy atom. The molecule has 3 aromatic rings. The van der Waals surface area contributed by atoms with Crippen LogP contribution in [0, 0.1) is 6.92 Å². The molecule has 7 nitrogen and oxygen atoms in total. The summed E-state index contributed by atoms with van der Waals surface area (Å²) in [5, 5.41) is 13.2. The number of fused-ring (bicyclic) bond motifs is 1. The van der Waals surface area contributed by atoms with Crippen LogP contribution in [0.1, 0.15) is 47.8 Å². The van der Waals surface area contributed by atoms with Gasteiger partial charge < -0.3 is 10.4 Å². The number of nitrogens with zero attached hydrogens (tertiary/aromatic N) is 3. The monoisotopic (exact) mass is 364 g/mol. The summed E-state index contributed by atoms with van der Waals surface area (Å²) in [6, 6.07) is 10.1. The molecular weight excluding hydrogens is 344 g/mol. The molecule has 0 aliphatic heterocycles. The first-order valence-corrected chi connectivity index (χ1v) is 9.04. The third kappa shape index (κ3) is 3.16. The van der Waals surface area contributed by atoms with Gasteiger partial charge in [-0.05, 0) is 38.0 Å². The summed E-state index contributed by atoms with van der Waals surface area (Å²) in [5.41, 5.74) is 1.82. The number of carbonyl (C=O) groups is 1. The number of aromatic carboxylic acids is 1. The zero-order valence-electron chi connectivity index (χ0n) is 15.0. The van der Waals surface area contributed by atoms with Gasteiger partial charge in [0, 0.05) is 17.5 Å². The van der Waals surface area contributed by atoms with E-state index in [0.29, 0.717) is 11.3 Å². The lowest BCUT2D eigenvalue weighted by Crippen LogP contribution is -2.24. The smallest absolute Gasteiger partial charge is 0.337 e. The second-order valence-corrected chi connectivity index (χ2v) is 6.83. The molecule has 0 atom stereocenters. The van der Waals surface area contributed by atoms with E-state index >= 15 is 0 Å². The minimum Gasteiger partial charge on any atom is -0.478 e. The van der Waals surface area contributed by atoms with Gasteiger partial charge in [0.2, 0.25) is 5.95 Å². The van der Waals surface area contributed by atoms with Crippen molar-refractivity contribution in [2.75, 3.05) is 5.32 Å². The minimum atomic E-state index is -1.03. The molecule has 1 aliphatic rings. The molecular formula is C20H20N4O3. The standard InChI is InChI=1S/C20H20N4O3/c1-12-14-10-11-17(25)24(13-6-2-3-7-13)18(14)23-20(21-12)22-16-9-5-4-8-15(16)19(26)27/h4-5,8-11,13H,2-3,6-7H2,1H3,(H,26,27)(H,21,22,23). The first kappa shape index (κ1) is 17.2. The Balaban J connectivity index is 1.85. The SMILES string of the molecule is Cc1nc(Nc2ccccc2C(=O)O)nc2c1ccc(=O)n2C1CCCC1. The van der Waals surface area contributed by atoms with Crippen LogP contribution in [0.4, 0.5) is 11.6 Å². The molecule has 0 unspecified atom stereocenters. The molecule has 1 fully saturated rings. The molecule has 2 aromatic heterocycles. The Labute approximate surface area is 155 Å². The Hall–Kier alpha value is -3.22. The Morgan fingerprint density at radius 1 is 1.15 bits per heavy atom. The van der Waals surface area contributed by atoms with Crippen molar-refractivity contribution >= 4 is 28.6 Å². The van der Waals surface area contributed by atoms with E-state index in [4.69, 9.17) is 0 Å². The van der Waals surface area contributed by atoms with Crippen LogP contribution in [0.5, 0.6) is 0 Å². The number of para-hydroxylation sites is 1. The zero-order valence-corrected chi connectivity index (χ0v) is 15.0. The van der Waals surface area contributed by atoms with Crippen LogP contribution in [0.2, 0.25) is 0 Å². The van der Waals surface area contributed by atoms with Gasteiger partial charge in [-0.1, -0.05) is 25.0 Å². The molecule has 7 heteroatoms. The summed E-state index contributed by atoms with van der Waals surface area (Å²) < 4.78 is 1.77. The summed E-state index contributed by atoms with van der Waals surface area (Å²) in [4.78, 5) is 33.0. The number of anilines is 2. The van der Waals surface area contributed by atoms with Crippen molar-refractivity contribution < 1.29 is 9.90 Å². The molecule has 0 spiro atoms. The summed E-state index contributed by atoms with van der Waals surface area (Å²) >= 11 is 0. The number of hydrogen-bond acceptors (Lipinski definition) is 5. The molecule has 0 radical (unpaired) electrons. The Morgan fingerprint density at radius 3 is 2.63 bits per heavy atom. The number of nitrogens with one attached hydrogen (secondary N) is 1. The molecule has 2 N–H and O–H groups in total. The van der Waals surface area contributed by atoms with Crippen LogP contribution < -0.4 is 10.9 Å². The van der Waals surface area contributed by atoms with Gasteiger partial charge in [-0.3, -0.25) is 9.36 Å². The minimum absolute atomic E-state index is 0.0654. The molecule has 138 valence electrons. The quantitative estimate of drug-likeness (QED) is 0.733. The Bertz CT molecular complexity index is 1080. The average molecular weight is 364 g/mol. The molecule has 0 amide bonds. The van der Waals surface area contributed by atoms with Crippen molar-refractivity contribution in [2.24, 2.45) is 0 Å². The highest BCUT2D eigenvalue weighted by molar-refractivity contribution is 5.95. The molecule has 27 heavy (non-hydrogen) atoms. The van der Waals surface area contributed by atoms with E-state index in [0.717, 1.165) is 36.8 Å². The number of aryl methyl sites for hydroxylation is 1. The van der Waals surface area contributed by atoms with E-state index in [2.05, 4.69) is 15.3 Å². The highest BCUT2D eigenvalue weighted by Crippen LogP contribution is 2.31. The molecule has 2 heterocycles. The van der Waals surface area contributed by atoms with Gasteiger partial charge in [-0.25, -0.2) is 9.78 Å². The van der Waals surface area contributed by atoms with Crippen LogP contribution in [-0.4, -0.2) is 25.6 Å².